The highest BCUT2D eigenvalue weighted by Crippen LogP contribution is 2.22. The molecule has 0 radical (unpaired) electrons. The predicted octanol–water partition coefficient (Wildman–Crippen LogP) is 1.77. The predicted molar refractivity (Wildman–Crippen MR) is 68.4 cm³/mol. The summed E-state index contributed by atoms with van der Waals surface area (Å²) < 4.78 is 31.5. The van der Waals surface area contributed by atoms with Gasteiger partial charge in [-0.1, -0.05) is 6.07 Å². The molecule has 1 fully saturated rings. The maximum absolute atomic E-state index is 13.6. The topological polar surface area (TPSA) is 75.6 Å². The summed E-state index contributed by atoms with van der Waals surface area (Å²) in [5.74, 6) is -3.06. The van der Waals surface area contributed by atoms with E-state index in [9.17, 15) is 18.4 Å². The molecule has 1 saturated heterocycles. The summed E-state index contributed by atoms with van der Waals surface area (Å²) >= 11 is 0. The molecule has 0 saturated carbocycles. The molecule has 1 amide bonds. The lowest BCUT2D eigenvalue weighted by molar-refractivity contribution is -0.151. The van der Waals surface area contributed by atoms with Crippen molar-refractivity contribution < 1.29 is 28.2 Å². The van der Waals surface area contributed by atoms with Gasteiger partial charge in [0.25, 0.3) is 0 Å². The van der Waals surface area contributed by atoms with E-state index in [1.165, 1.54) is 6.07 Å². The SMILES string of the molecule is CC(NC(=O)[C@@H]1CC[C@H](C(=O)O)O1)c1ccc(F)cc1F. The number of ether oxygens (including phenoxy) is 1. The Morgan fingerprint density at radius 3 is 2.57 bits per heavy atom. The Balaban J connectivity index is 1.98. The van der Waals surface area contributed by atoms with Crippen molar-refractivity contribution in [2.45, 2.75) is 38.0 Å². The van der Waals surface area contributed by atoms with Crippen LogP contribution in [0, 0.1) is 11.6 Å². The van der Waals surface area contributed by atoms with E-state index in [1.807, 2.05) is 0 Å². The fourth-order valence-corrected chi connectivity index (χ4v) is 2.25. The van der Waals surface area contributed by atoms with Gasteiger partial charge in [-0.3, -0.25) is 4.79 Å². The quantitative estimate of drug-likeness (QED) is 0.888. The average molecular weight is 299 g/mol. The van der Waals surface area contributed by atoms with Gasteiger partial charge < -0.3 is 15.2 Å². The first-order chi connectivity index (χ1) is 9.88. The molecule has 21 heavy (non-hydrogen) atoms. The maximum atomic E-state index is 13.6. The van der Waals surface area contributed by atoms with Gasteiger partial charge in [-0.15, -0.1) is 0 Å². The summed E-state index contributed by atoms with van der Waals surface area (Å²) in [7, 11) is 0. The molecule has 1 unspecified atom stereocenters. The number of carboxylic acid groups (broad SMARTS) is 1. The smallest absolute Gasteiger partial charge is 0.332 e. The van der Waals surface area contributed by atoms with Gasteiger partial charge in [-0.05, 0) is 25.8 Å². The van der Waals surface area contributed by atoms with E-state index < -0.39 is 41.8 Å². The molecule has 1 aliphatic heterocycles. The Kier molecular flexibility index (Phi) is 4.52. The number of carbonyl (C=O) groups excluding carboxylic acids is 1. The standard InChI is InChI=1S/C14H15F2NO4/c1-7(9-3-2-8(15)6-10(9)16)17-13(18)11-4-5-12(21-11)14(19)20/h2-3,6-7,11-12H,4-5H2,1H3,(H,17,18)(H,19,20)/t7?,11-,12+/m0/s1. The Morgan fingerprint density at radius 1 is 1.33 bits per heavy atom. The third-order valence-electron chi connectivity index (χ3n) is 3.38. The molecular weight excluding hydrogens is 284 g/mol. The zero-order chi connectivity index (χ0) is 15.6. The van der Waals surface area contributed by atoms with Crippen molar-refractivity contribution in [3.63, 3.8) is 0 Å². The van der Waals surface area contributed by atoms with E-state index in [2.05, 4.69) is 5.32 Å². The van der Waals surface area contributed by atoms with E-state index in [0.29, 0.717) is 6.42 Å². The van der Waals surface area contributed by atoms with Crippen LogP contribution in [0.4, 0.5) is 8.78 Å². The number of carboxylic acids is 1. The molecule has 1 aromatic rings. The number of nitrogens with one attached hydrogen (secondary N) is 1. The highest BCUT2D eigenvalue weighted by Gasteiger charge is 2.35. The van der Waals surface area contributed by atoms with Gasteiger partial charge in [0.15, 0.2) is 6.10 Å². The lowest BCUT2D eigenvalue weighted by Gasteiger charge is -2.18. The number of carbonyl (C=O) groups is 2. The minimum Gasteiger partial charge on any atom is -0.479 e. The second-order valence-corrected chi connectivity index (χ2v) is 4.93. The van der Waals surface area contributed by atoms with Crippen LogP contribution in [-0.4, -0.2) is 29.2 Å². The Morgan fingerprint density at radius 2 is 2.00 bits per heavy atom. The molecule has 2 rings (SSSR count). The van der Waals surface area contributed by atoms with Crippen LogP contribution in [0.2, 0.25) is 0 Å². The average Bonchev–Trinajstić information content (AvgIpc) is 2.88. The molecule has 3 atom stereocenters. The van der Waals surface area contributed by atoms with Gasteiger partial charge >= 0.3 is 5.97 Å². The van der Waals surface area contributed by atoms with Crippen molar-refractivity contribution in [2.75, 3.05) is 0 Å². The van der Waals surface area contributed by atoms with Crippen LogP contribution in [0.3, 0.4) is 0 Å². The Labute approximate surface area is 119 Å². The van der Waals surface area contributed by atoms with Gasteiger partial charge in [-0.2, -0.15) is 0 Å². The third-order valence-corrected chi connectivity index (χ3v) is 3.38. The van der Waals surface area contributed by atoms with Gasteiger partial charge in [0, 0.05) is 11.6 Å². The summed E-state index contributed by atoms with van der Waals surface area (Å²) in [6.45, 7) is 1.55. The van der Waals surface area contributed by atoms with Crippen molar-refractivity contribution in [1.82, 2.24) is 5.32 Å². The minimum absolute atomic E-state index is 0.150. The zero-order valence-electron chi connectivity index (χ0n) is 11.3. The molecule has 0 aromatic heterocycles. The first kappa shape index (κ1) is 15.4. The minimum atomic E-state index is -1.11. The molecule has 2 N–H and O–H groups in total. The lowest BCUT2D eigenvalue weighted by Crippen LogP contribution is -2.37. The summed E-state index contributed by atoms with van der Waals surface area (Å²) in [5.41, 5.74) is 0.150. The summed E-state index contributed by atoms with van der Waals surface area (Å²) in [6, 6.07) is 2.43. The molecule has 5 nitrogen and oxygen atoms in total. The highest BCUT2D eigenvalue weighted by atomic mass is 19.1. The van der Waals surface area contributed by atoms with E-state index in [-0.39, 0.29) is 12.0 Å². The fourth-order valence-electron chi connectivity index (χ4n) is 2.25. The second kappa shape index (κ2) is 6.17. The summed E-state index contributed by atoms with van der Waals surface area (Å²) in [4.78, 5) is 22.7. The molecule has 0 aliphatic carbocycles. The first-order valence-electron chi connectivity index (χ1n) is 6.52. The van der Waals surface area contributed by atoms with E-state index in [1.54, 1.807) is 6.92 Å². The third kappa shape index (κ3) is 3.55. The molecule has 114 valence electrons. The molecule has 1 aromatic carbocycles. The summed E-state index contributed by atoms with van der Waals surface area (Å²) in [5, 5.41) is 11.3. The number of halogens is 2. The lowest BCUT2D eigenvalue weighted by atomic mass is 10.1. The van der Waals surface area contributed by atoms with Crippen molar-refractivity contribution >= 4 is 11.9 Å². The van der Waals surface area contributed by atoms with Crippen molar-refractivity contribution in [1.29, 1.82) is 0 Å². The number of benzene rings is 1. The number of hydrogen-bond acceptors (Lipinski definition) is 3. The number of aliphatic carboxylic acids is 1. The van der Waals surface area contributed by atoms with Crippen molar-refractivity contribution in [3.05, 3.63) is 35.4 Å². The number of amides is 1. The van der Waals surface area contributed by atoms with Gasteiger partial charge in [0.1, 0.15) is 17.7 Å². The largest absolute Gasteiger partial charge is 0.479 e. The molecule has 0 spiro atoms. The monoisotopic (exact) mass is 299 g/mol. The fraction of sp³-hybridized carbons (Fsp3) is 0.429. The van der Waals surface area contributed by atoms with Crippen LogP contribution in [-0.2, 0) is 14.3 Å². The van der Waals surface area contributed by atoms with Crippen LogP contribution < -0.4 is 5.32 Å². The van der Waals surface area contributed by atoms with Crippen LogP contribution >= 0.6 is 0 Å². The normalized spacial score (nSPS) is 22.8. The van der Waals surface area contributed by atoms with Gasteiger partial charge in [0.05, 0.1) is 6.04 Å². The van der Waals surface area contributed by atoms with Crippen molar-refractivity contribution in [2.24, 2.45) is 0 Å². The first-order valence-corrected chi connectivity index (χ1v) is 6.52. The van der Waals surface area contributed by atoms with Gasteiger partial charge in [-0.25, -0.2) is 13.6 Å². The Bertz CT molecular complexity index is 564. The number of hydrogen-bond donors (Lipinski definition) is 2. The Hall–Kier alpha value is -2.02. The van der Waals surface area contributed by atoms with E-state index in [4.69, 9.17) is 9.84 Å². The van der Waals surface area contributed by atoms with Crippen molar-refractivity contribution in [3.8, 4) is 0 Å². The van der Waals surface area contributed by atoms with E-state index in [0.717, 1.165) is 12.1 Å². The zero-order valence-corrected chi connectivity index (χ0v) is 11.3. The number of rotatable bonds is 4. The molecule has 1 heterocycles. The molecule has 0 bridgehead atoms. The highest BCUT2D eigenvalue weighted by molar-refractivity contribution is 5.83. The molecule has 7 heteroatoms. The van der Waals surface area contributed by atoms with Crippen LogP contribution in [0.1, 0.15) is 31.4 Å². The van der Waals surface area contributed by atoms with Gasteiger partial charge in [0.2, 0.25) is 5.91 Å². The second-order valence-electron chi connectivity index (χ2n) is 4.93. The van der Waals surface area contributed by atoms with E-state index >= 15 is 0 Å². The maximum Gasteiger partial charge on any atom is 0.332 e. The van der Waals surface area contributed by atoms with Crippen LogP contribution in [0.15, 0.2) is 18.2 Å². The van der Waals surface area contributed by atoms with Crippen LogP contribution in [0.5, 0.6) is 0 Å². The molecular formula is C14H15F2NO4. The van der Waals surface area contributed by atoms with Crippen LogP contribution in [0.25, 0.3) is 0 Å². The summed E-state index contributed by atoms with van der Waals surface area (Å²) in [6.07, 6.45) is -1.30. The molecule has 1 aliphatic rings.